The van der Waals surface area contributed by atoms with E-state index in [2.05, 4.69) is 25.2 Å². The van der Waals surface area contributed by atoms with Crippen LogP contribution in [-0.4, -0.2) is 18.2 Å². The molecule has 0 aromatic carbocycles. The van der Waals surface area contributed by atoms with Crippen LogP contribution in [0.4, 0.5) is 0 Å². The van der Waals surface area contributed by atoms with Gasteiger partial charge in [-0.3, -0.25) is 0 Å². The number of rotatable bonds is 7. The highest BCUT2D eigenvalue weighted by atomic mass is 32.1. The molecule has 3 nitrogen and oxygen atoms in total. The number of aliphatic hydroxyl groups excluding tert-OH is 1. The molecule has 0 bridgehead atoms. The Morgan fingerprint density at radius 3 is 2.94 bits per heavy atom. The minimum Gasteiger partial charge on any atom is -0.387 e. The maximum absolute atomic E-state index is 9.87. The third kappa shape index (κ3) is 5.31. The van der Waals surface area contributed by atoms with E-state index in [0.29, 0.717) is 13.0 Å². The van der Waals surface area contributed by atoms with Crippen LogP contribution in [-0.2, 0) is 0 Å². The number of hydrogen-bond acceptors (Lipinski definition) is 4. The maximum Gasteiger partial charge on any atom is 0.0922 e. The molecule has 0 radical (unpaired) electrons. The normalized spacial score (nSPS) is 13.3. The molecule has 0 amide bonds. The van der Waals surface area contributed by atoms with Crippen molar-refractivity contribution in [2.75, 3.05) is 13.1 Å². The summed E-state index contributed by atoms with van der Waals surface area (Å²) in [5, 5.41) is 25.6. The van der Waals surface area contributed by atoms with Crippen molar-refractivity contribution in [2.45, 2.75) is 32.8 Å². The predicted octanol–water partition coefficient (Wildman–Crippen LogP) is 2.70. The Balaban J connectivity index is 2.25. The van der Waals surface area contributed by atoms with Crippen LogP contribution in [0.1, 0.15) is 38.4 Å². The topological polar surface area (TPSA) is 56.0 Å². The van der Waals surface area contributed by atoms with E-state index in [1.165, 1.54) is 0 Å². The fourth-order valence-corrected chi connectivity index (χ4v) is 2.32. The molecule has 0 fully saturated rings. The van der Waals surface area contributed by atoms with Gasteiger partial charge in [-0.1, -0.05) is 13.8 Å². The lowest BCUT2D eigenvalue weighted by molar-refractivity contribution is 0.168. The first-order chi connectivity index (χ1) is 8.05. The Hall–Kier alpha value is -0.890. The molecule has 94 valence electrons. The molecule has 0 spiro atoms. The number of aliphatic hydroxyl groups is 1. The van der Waals surface area contributed by atoms with Gasteiger partial charge in [0.2, 0.25) is 0 Å². The largest absolute Gasteiger partial charge is 0.387 e. The van der Waals surface area contributed by atoms with Crippen molar-refractivity contribution in [3.8, 4) is 6.07 Å². The Bertz CT molecular complexity index is 354. The lowest BCUT2D eigenvalue weighted by Crippen LogP contribution is -2.32. The fraction of sp³-hybridized carbons (Fsp3) is 0.615. The summed E-state index contributed by atoms with van der Waals surface area (Å²) in [4.78, 5) is 0. The molecule has 0 aliphatic heterocycles. The van der Waals surface area contributed by atoms with E-state index in [0.717, 1.165) is 18.5 Å². The van der Waals surface area contributed by atoms with Gasteiger partial charge >= 0.3 is 0 Å². The molecule has 4 heteroatoms. The molecule has 2 N–H and O–H groups in total. The van der Waals surface area contributed by atoms with Crippen LogP contribution in [0.25, 0.3) is 0 Å². The van der Waals surface area contributed by atoms with Crippen molar-refractivity contribution in [1.29, 1.82) is 5.26 Å². The number of hydrogen-bond donors (Lipinski definition) is 2. The van der Waals surface area contributed by atoms with Crippen LogP contribution in [0.2, 0.25) is 0 Å². The number of nitriles is 1. The van der Waals surface area contributed by atoms with E-state index in [1.807, 2.05) is 16.8 Å². The molecule has 0 saturated carbocycles. The fourth-order valence-electron chi connectivity index (χ4n) is 1.61. The molecule has 1 rings (SSSR count). The molecule has 1 aromatic rings. The van der Waals surface area contributed by atoms with Gasteiger partial charge in [-0.2, -0.15) is 16.6 Å². The number of thiophene rings is 1. The number of nitrogens with zero attached hydrogens (tertiary/aromatic N) is 1. The van der Waals surface area contributed by atoms with E-state index in [1.54, 1.807) is 11.3 Å². The average molecular weight is 252 g/mol. The van der Waals surface area contributed by atoms with E-state index >= 15 is 0 Å². The van der Waals surface area contributed by atoms with Crippen LogP contribution >= 0.6 is 11.3 Å². The van der Waals surface area contributed by atoms with Crippen molar-refractivity contribution >= 4 is 11.3 Å². The van der Waals surface area contributed by atoms with Gasteiger partial charge in [0.25, 0.3) is 0 Å². The first-order valence-electron chi connectivity index (χ1n) is 5.83. The van der Waals surface area contributed by atoms with E-state index < -0.39 is 6.10 Å². The van der Waals surface area contributed by atoms with Gasteiger partial charge in [0.05, 0.1) is 12.2 Å². The van der Waals surface area contributed by atoms with Gasteiger partial charge < -0.3 is 10.4 Å². The zero-order valence-electron chi connectivity index (χ0n) is 10.4. The minimum absolute atomic E-state index is 0.101. The summed E-state index contributed by atoms with van der Waals surface area (Å²) >= 11 is 1.59. The summed E-state index contributed by atoms with van der Waals surface area (Å²) in [6, 6.07) is 4.11. The molecule has 17 heavy (non-hydrogen) atoms. The van der Waals surface area contributed by atoms with Crippen molar-refractivity contribution in [3.63, 3.8) is 0 Å². The molecule has 0 saturated heterocycles. The van der Waals surface area contributed by atoms with Crippen molar-refractivity contribution in [2.24, 2.45) is 5.41 Å². The van der Waals surface area contributed by atoms with E-state index in [9.17, 15) is 5.11 Å². The minimum atomic E-state index is -0.437. The highest BCUT2D eigenvalue weighted by Crippen LogP contribution is 2.21. The number of nitrogens with one attached hydrogen (secondary N) is 1. The molecule has 1 aromatic heterocycles. The van der Waals surface area contributed by atoms with E-state index in [-0.39, 0.29) is 5.41 Å². The summed E-state index contributed by atoms with van der Waals surface area (Å²) in [6.07, 6.45) is 1.03. The molecule has 1 heterocycles. The third-order valence-corrected chi connectivity index (χ3v) is 3.48. The standard InChI is InChI=1S/C13H20N2OS/c1-13(2,5-3-6-14)10-15-8-12(16)11-4-7-17-9-11/h4,7,9,12,15-16H,3,5,8,10H2,1-2H3. The maximum atomic E-state index is 9.87. The third-order valence-electron chi connectivity index (χ3n) is 2.78. The molecule has 1 atom stereocenters. The summed E-state index contributed by atoms with van der Waals surface area (Å²) in [5.41, 5.74) is 1.07. The first-order valence-corrected chi connectivity index (χ1v) is 6.77. The Morgan fingerprint density at radius 1 is 1.59 bits per heavy atom. The monoisotopic (exact) mass is 252 g/mol. The van der Waals surface area contributed by atoms with Gasteiger partial charge in [0, 0.05) is 19.5 Å². The van der Waals surface area contributed by atoms with Crippen molar-refractivity contribution < 1.29 is 5.11 Å². The first kappa shape index (κ1) is 14.2. The highest BCUT2D eigenvalue weighted by molar-refractivity contribution is 7.07. The molecule has 0 aliphatic rings. The second kappa shape index (κ2) is 6.75. The van der Waals surface area contributed by atoms with Crippen LogP contribution in [0.3, 0.4) is 0 Å². The Labute approximate surface area is 107 Å². The summed E-state index contributed by atoms with van der Waals surface area (Å²) in [6.45, 7) is 5.64. The average Bonchev–Trinajstić information content (AvgIpc) is 2.79. The smallest absolute Gasteiger partial charge is 0.0922 e. The molecular weight excluding hydrogens is 232 g/mol. The van der Waals surface area contributed by atoms with Crippen LogP contribution in [0.5, 0.6) is 0 Å². The molecule has 1 unspecified atom stereocenters. The van der Waals surface area contributed by atoms with Gasteiger partial charge in [0.15, 0.2) is 0 Å². The molecular formula is C13H20N2OS. The zero-order chi connectivity index (χ0) is 12.7. The van der Waals surface area contributed by atoms with Crippen LogP contribution in [0.15, 0.2) is 16.8 Å². The van der Waals surface area contributed by atoms with Gasteiger partial charge in [-0.25, -0.2) is 0 Å². The lowest BCUT2D eigenvalue weighted by atomic mass is 9.88. The SMILES string of the molecule is CC(C)(CCC#N)CNCC(O)c1ccsc1. The molecule has 0 aliphatic carbocycles. The zero-order valence-corrected chi connectivity index (χ0v) is 11.3. The second-order valence-electron chi connectivity index (χ2n) is 5.03. The summed E-state index contributed by atoms with van der Waals surface area (Å²) in [5.74, 6) is 0. The predicted molar refractivity (Wildman–Crippen MR) is 70.8 cm³/mol. The summed E-state index contributed by atoms with van der Waals surface area (Å²) in [7, 11) is 0. The van der Waals surface area contributed by atoms with E-state index in [4.69, 9.17) is 5.26 Å². The van der Waals surface area contributed by atoms with Gasteiger partial charge in [-0.15, -0.1) is 0 Å². The van der Waals surface area contributed by atoms with Gasteiger partial charge in [0.1, 0.15) is 0 Å². The van der Waals surface area contributed by atoms with Crippen molar-refractivity contribution in [1.82, 2.24) is 5.32 Å². The van der Waals surface area contributed by atoms with Gasteiger partial charge in [-0.05, 0) is 34.2 Å². The van der Waals surface area contributed by atoms with Crippen LogP contribution in [0, 0.1) is 16.7 Å². The Kier molecular flexibility index (Phi) is 5.63. The highest BCUT2D eigenvalue weighted by Gasteiger charge is 2.17. The quantitative estimate of drug-likeness (QED) is 0.784. The van der Waals surface area contributed by atoms with Crippen LogP contribution < -0.4 is 5.32 Å². The Morgan fingerprint density at radius 2 is 2.35 bits per heavy atom. The lowest BCUT2D eigenvalue weighted by Gasteiger charge is -2.24. The summed E-state index contributed by atoms with van der Waals surface area (Å²) < 4.78 is 0. The second-order valence-corrected chi connectivity index (χ2v) is 5.81. The van der Waals surface area contributed by atoms with Crippen molar-refractivity contribution in [3.05, 3.63) is 22.4 Å².